The molecular formula is C10H15NO5. The van der Waals surface area contributed by atoms with Crippen molar-refractivity contribution in [1.29, 1.82) is 5.41 Å². The molecular weight excluding hydrogens is 214 g/mol. The van der Waals surface area contributed by atoms with Gasteiger partial charge < -0.3 is 14.9 Å². The van der Waals surface area contributed by atoms with E-state index in [1.165, 1.54) is 0 Å². The van der Waals surface area contributed by atoms with E-state index in [0.717, 1.165) is 6.92 Å². The Hall–Kier alpha value is -1.85. The van der Waals surface area contributed by atoms with Crippen LogP contribution in [0.2, 0.25) is 0 Å². The second-order valence-electron chi connectivity index (χ2n) is 4.14. The number of carboxylic acid groups (broad SMARTS) is 1. The highest BCUT2D eigenvalue weighted by Gasteiger charge is 2.28. The van der Waals surface area contributed by atoms with E-state index in [9.17, 15) is 14.7 Å². The van der Waals surface area contributed by atoms with Gasteiger partial charge in [0.2, 0.25) is 0 Å². The van der Waals surface area contributed by atoms with Crippen molar-refractivity contribution in [1.82, 2.24) is 0 Å². The molecule has 0 saturated heterocycles. The summed E-state index contributed by atoms with van der Waals surface area (Å²) in [7, 11) is 0. The normalized spacial score (nSPS) is 12.8. The van der Waals surface area contributed by atoms with Gasteiger partial charge in [0.25, 0.3) is 0 Å². The summed E-state index contributed by atoms with van der Waals surface area (Å²) in [5.41, 5.74) is -2.45. The van der Waals surface area contributed by atoms with Crippen molar-refractivity contribution in [2.75, 3.05) is 0 Å². The van der Waals surface area contributed by atoms with Crippen molar-refractivity contribution < 1.29 is 24.5 Å². The summed E-state index contributed by atoms with van der Waals surface area (Å²) in [5.74, 6) is -3.18. The van der Waals surface area contributed by atoms with Gasteiger partial charge in [0.15, 0.2) is 5.71 Å². The Morgan fingerprint density at radius 3 is 1.88 bits per heavy atom. The molecule has 90 valence electrons. The van der Waals surface area contributed by atoms with Crippen molar-refractivity contribution in [3.63, 3.8) is 0 Å². The molecule has 0 aliphatic rings. The molecule has 0 aliphatic carbocycles. The number of allylic oxidation sites excluding steroid dienone is 1. The third-order valence-corrected chi connectivity index (χ3v) is 1.43. The van der Waals surface area contributed by atoms with Crippen molar-refractivity contribution in [2.24, 2.45) is 0 Å². The zero-order valence-corrected chi connectivity index (χ0v) is 9.62. The van der Waals surface area contributed by atoms with Gasteiger partial charge in [-0.1, -0.05) is 0 Å². The maximum atomic E-state index is 11.5. The molecule has 3 N–H and O–H groups in total. The second-order valence-corrected chi connectivity index (χ2v) is 4.14. The smallest absolute Gasteiger partial charge is 0.354 e. The number of hydrogen-bond donors (Lipinski definition) is 3. The molecule has 0 unspecified atom stereocenters. The Morgan fingerprint density at radius 1 is 1.19 bits per heavy atom. The molecule has 0 amide bonds. The molecule has 0 aromatic rings. The Morgan fingerprint density at radius 2 is 1.62 bits per heavy atom. The minimum absolute atomic E-state index is 0.554. The fourth-order valence-electron chi connectivity index (χ4n) is 0.867. The van der Waals surface area contributed by atoms with E-state index >= 15 is 0 Å². The maximum Gasteiger partial charge on any atom is 0.354 e. The number of rotatable bonds is 3. The monoisotopic (exact) mass is 229 g/mol. The topological polar surface area (TPSA) is 108 Å². The Labute approximate surface area is 93.0 Å². The predicted molar refractivity (Wildman–Crippen MR) is 56.5 cm³/mol. The van der Waals surface area contributed by atoms with Gasteiger partial charge in [-0.15, -0.1) is 0 Å². The van der Waals surface area contributed by atoms with Gasteiger partial charge in [-0.25, -0.2) is 9.59 Å². The van der Waals surface area contributed by atoms with Gasteiger partial charge >= 0.3 is 11.9 Å². The molecule has 0 saturated carbocycles. The molecule has 0 bridgehead atoms. The van der Waals surface area contributed by atoms with Crippen LogP contribution < -0.4 is 0 Å². The Bertz CT molecular complexity index is 358. The first kappa shape index (κ1) is 14.2. The third kappa shape index (κ3) is 4.12. The molecule has 0 fully saturated rings. The van der Waals surface area contributed by atoms with Crippen LogP contribution in [0.1, 0.15) is 27.7 Å². The van der Waals surface area contributed by atoms with Crippen LogP contribution in [0.15, 0.2) is 11.3 Å². The molecule has 6 heteroatoms. The number of hydrogen-bond acceptors (Lipinski definition) is 5. The van der Waals surface area contributed by atoms with Crippen LogP contribution in [0.5, 0.6) is 0 Å². The lowest BCUT2D eigenvalue weighted by atomic mass is 10.1. The summed E-state index contributed by atoms with van der Waals surface area (Å²) in [6.45, 7) is 5.91. The zero-order valence-electron chi connectivity index (χ0n) is 9.62. The summed E-state index contributed by atoms with van der Waals surface area (Å²) in [6.07, 6.45) is 0. The van der Waals surface area contributed by atoms with E-state index in [1.807, 2.05) is 0 Å². The number of carbonyl (C=O) groups excluding carboxylic acids is 1. The molecule has 16 heavy (non-hydrogen) atoms. The second kappa shape index (κ2) is 4.78. The van der Waals surface area contributed by atoms with E-state index in [0.29, 0.717) is 0 Å². The number of nitrogens with one attached hydrogen (secondary N) is 1. The molecule has 0 aromatic heterocycles. The molecule has 0 radical (unpaired) electrons. The zero-order chi connectivity index (χ0) is 13.1. The van der Waals surface area contributed by atoms with Crippen LogP contribution in [0.3, 0.4) is 0 Å². The van der Waals surface area contributed by atoms with Crippen LogP contribution in [0, 0.1) is 5.41 Å². The number of ether oxygens (including phenoxy) is 1. The minimum Gasteiger partial charge on any atom is -0.512 e. The molecule has 0 heterocycles. The average molecular weight is 229 g/mol. The van der Waals surface area contributed by atoms with Crippen LogP contribution in [0.4, 0.5) is 0 Å². The average Bonchev–Trinajstić information content (AvgIpc) is 1.99. The van der Waals surface area contributed by atoms with Crippen molar-refractivity contribution in [2.45, 2.75) is 33.3 Å². The summed E-state index contributed by atoms with van der Waals surface area (Å²) in [6, 6.07) is 0. The molecule has 0 spiro atoms. The minimum atomic E-state index is -1.60. The lowest BCUT2D eigenvalue weighted by Crippen LogP contribution is -2.30. The first-order chi connectivity index (χ1) is 7.06. The Kier molecular flexibility index (Phi) is 4.23. The van der Waals surface area contributed by atoms with E-state index in [4.69, 9.17) is 15.3 Å². The van der Waals surface area contributed by atoms with E-state index in [2.05, 4.69) is 0 Å². The van der Waals surface area contributed by atoms with Gasteiger partial charge in [0.1, 0.15) is 16.9 Å². The summed E-state index contributed by atoms with van der Waals surface area (Å²) in [4.78, 5) is 22.0. The lowest BCUT2D eigenvalue weighted by molar-refractivity contribution is -0.149. The number of aliphatic hydroxyl groups excluding tert-OH is 1. The summed E-state index contributed by atoms with van der Waals surface area (Å²) >= 11 is 0. The number of carboxylic acids is 1. The van der Waals surface area contributed by atoms with Gasteiger partial charge in [-0.2, -0.15) is 0 Å². The molecule has 0 aromatic carbocycles. The van der Waals surface area contributed by atoms with Gasteiger partial charge in [0.05, 0.1) is 0 Å². The first-order valence-electron chi connectivity index (χ1n) is 4.51. The van der Waals surface area contributed by atoms with Gasteiger partial charge in [-0.3, -0.25) is 5.41 Å². The van der Waals surface area contributed by atoms with Crippen molar-refractivity contribution in [3.05, 3.63) is 11.3 Å². The van der Waals surface area contributed by atoms with Crippen LogP contribution in [-0.2, 0) is 14.3 Å². The highest BCUT2D eigenvalue weighted by atomic mass is 16.6. The highest BCUT2D eigenvalue weighted by Crippen LogP contribution is 2.13. The van der Waals surface area contributed by atoms with E-state index in [-0.39, 0.29) is 0 Å². The van der Waals surface area contributed by atoms with Gasteiger partial charge in [-0.05, 0) is 27.7 Å². The highest BCUT2D eigenvalue weighted by molar-refractivity contribution is 6.47. The summed E-state index contributed by atoms with van der Waals surface area (Å²) < 4.78 is 4.87. The number of esters is 1. The third-order valence-electron chi connectivity index (χ3n) is 1.43. The fourth-order valence-corrected chi connectivity index (χ4v) is 0.867. The number of carbonyl (C=O) groups is 2. The SMILES string of the molecule is CC(O)=C(C(=N)C(=O)O)C(=O)OC(C)(C)C. The predicted octanol–water partition coefficient (Wildman–Crippen LogP) is 1.26. The molecule has 6 nitrogen and oxygen atoms in total. The fraction of sp³-hybridized carbons (Fsp3) is 0.500. The van der Waals surface area contributed by atoms with Crippen LogP contribution in [0.25, 0.3) is 0 Å². The largest absolute Gasteiger partial charge is 0.512 e. The molecule has 0 rings (SSSR count). The van der Waals surface area contributed by atoms with Crippen LogP contribution in [-0.4, -0.2) is 33.5 Å². The Balaban J connectivity index is 5.14. The lowest BCUT2D eigenvalue weighted by Gasteiger charge is -2.20. The molecule has 0 atom stereocenters. The van der Waals surface area contributed by atoms with Gasteiger partial charge in [0, 0.05) is 0 Å². The van der Waals surface area contributed by atoms with E-state index in [1.54, 1.807) is 20.8 Å². The van der Waals surface area contributed by atoms with Crippen molar-refractivity contribution >= 4 is 17.7 Å². The quantitative estimate of drug-likeness (QED) is 0.292. The number of aliphatic hydroxyl groups is 1. The summed E-state index contributed by atoms with van der Waals surface area (Å²) in [5, 5.41) is 24.9. The first-order valence-corrected chi connectivity index (χ1v) is 4.51. The van der Waals surface area contributed by atoms with Crippen LogP contribution >= 0.6 is 0 Å². The maximum absolute atomic E-state index is 11.5. The number of aliphatic carboxylic acids is 1. The van der Waals surface area contributed by atoms with E-state index < -0.39 is 34.6 Å². The van der Waals surface area contributed by atoms with Crippen molar-refractivity contribution in [3.8, 4) is 0 Å². The standard InChI is InChI=1S/C10H15NO5/c1-5(12)6(7(11)8(13)14)9(15)16-10(2,3)4/h11-12H,1-4H3,(H,13,14). The molecule has 0 aliphatic heterocycles.